The third-order valence-electron chi connectivity index (χ3n) is 13.6. The fourth-order valence-corrected chi connectivity index (χ4v) is 8.92. The predicted octanol–water partition coefficient (Wildman–Crippen LogP) is 21.5. The molecule has 0 amide bonds. The Morgan fingerprint density at radius 2 is 0.541 bits per heavy atom. The second-order valence-electron chi connectivity index (χ2n) is 20.9. The standard InChI is InChI=1S/C68H118O6/c1-4-7-10-13-16-19-22-25-28-31-32-33-34-35-36-38-40-43-46-49-52-55-58-61-67(70)73-64-65(63-72-66(69)60-57-54-51-48-45-42-39-30-27-24-21-18-15-12-9-6-3)74-68(71)62-59-56-53-50-47-44-41-37-29-26-23-20-17-14-11-8-5-2/h8,11,17,20,22,25-26,29,31-32,41,44,50,53,65H,4-7,9-10,12-16,18-19,21,23-24,27-28,30,33-40,42-43,45-49,51-52,54-64H2,1-3H3/b11-8-,20-17-,25-22-,29-26-,32-31-,44-41-,53-50-. The number of hydrogen-bond donors (Lipinski definition) is 0. The van der Waals surface area contributed by atoms with Crippen molar-refractivity contribution >= 4 is 17.9 Å². The maximum absolute atomic E-state index is 12.9. The molecule has 0 saturated carbocycles. The molecule has 0 rings (SSSR count). The highest BCUT2D eigenvalue weighted by atomic mass is 16.6. The van der Waals surface area contributed by atoms with E-state index < -0.39 is 6.10 Å². The number of allylic oxidation sites excluding steroid dienone is 14. The van der Waals surface area contributed by atoms with Crippen LogP contribution in [0.1, 0.15) is 310 Å². The van der Waals surface area contributed by atoms with Crippen molar-refractivity contribution in [2.45, 2.75) is 316 Å². The molecule has 74 heavy (non-hydrogen) atoms. The summed E-state index contributed by atoms with van der Waals surface area (Å²) in [6.45, 7) is 6.50. The normalized spacial score (nSPS) is 12.6. The summed E-state index contributed by atoms with van der Waals surface area (Å²) in [5, 5.41) is 0. The molecule has 0 saturated heterocycles. The molecule has 0 fully saturated rings. The van der Waals surface area contributed by atoms with Crippen LogP contribution < -0.4 is 0 Å². The minimum atomic E-state index is -0.807. The van der Waals surface area contributed by atoms with E-state index in [9.17, 15) is 14.4 Å². The van der Waals surface area contributed by atoms with E-state index in [1.807, 2.05) is 0 Å². The number of carbonyl (C=O) groups excluding carboxylic acids is 3. The zero-order chi connectivity index (χ0) is 53.6. The van der Waals surface area contributed by atoms with Crippen molar-refractivity contribution in [1.82, 2.24) is 0 Å². The van der Waals surface area contributed by atoms with E-state index in [2.05, 4.69) is 106 Å². The quantitative estimate of drug-likeness (QED) is 0.0261. The number of carbonyl (C=O) groups is 3. The van der Waals surface area contributed by atoms with E-state index in [4.69, 9.17) is 14.2 Å². The maximum Gasteiger partial charge on any atom is 0.306 e. The summed E-state index contributed by atoms with van der Waals surface area (Å²) in [4.78, 5) is 38.3. The molecule has 0 aliphatic heterocycles. The van der Waals surface area contributed by atoms with Gasteiger partial charge in [-0.1, -0.05) is 286 Å². The zero-order valence-corrected chi connectivity index (χ0v) is 48.8. The Morgan fingerprint density at radius 1 is 0.284 bits per heavy atom. The molecule has 426 valence electrons. The average molecular weight is 1030 g/mol. The Bertz CT molecular complexity index is 1420. The molecule has 1 unspecified atom stereocenters. The van der Waals surface area contributed by atoms with Crippen molar-refractivity contribution in [2.75, 3.05) is 13.2 Å². The average Bonchev–Trinajstić information content (AvgIpc) is 3.40. The second kappa shape index (κ2) is 62.1. The topological polar surface area (TPSA) is 78.9 Å². The minimum Gasteiger partial charge on any atom is -0.462 e. The molecule has 0 aromatic carbocycles. The molecule has 0 aromatic rings. The third kappa shape index (κ3) is 59.5. The Morgan fingerprint density at radius 3 is 0.865 bits per heavy atom. The summed E-state index contributed by atoms with van der Waals surface area (Å²) in [6, 6.07) is 0. The van der Waals surface area contributed by atoms with Crippen LogP contribution in [0, 0.1) is 0 Å². The Balaban J connectivity index is 4.40. The second-order valence-corrected chi connectivity index (χ2v) is 20.9. The van der Waals surface area contributed by atoms with Gasteiger partial charge in [-0.25, -0.2) is 0 Å². The summed E-state index contributed by atoms with van der Waals surface area (Å²) >= 11 is 0. The predicted molar refractivity (Wildman–Crippen MR) is 321 cm³/mol. The van der Waals surface area contributed by atoms with Gasteiger partial charge in [0.1, 0.15) is 13.2 Å². The number of rotatable bonds is 57. The molecular weight excluding hydrogens is 913 g/mol. The van der Waals surface area contributed by atoms with Crippen LogP contribution in [0.4, 0.5) is 0 Å². The van der Waals surface area contributed by atoms with Gasteiger partial charge in [-0.3, -0.25) is 14.4 Å². The smallest absolute Gasteiger partial charge is 0.306 e. The van der Waals surface area contributed by atoms with Crippen LogP contribution in [0.3, 0.4) is 0 Å². The van der Waals surface area contributed by atoms with Gasteiger partial charge in [-0.15, -0.1) is 0 Å². The van der Waals surface area contributed by atoms with Gasteiger partial charge in [0, 0.05) is 19.3 Å². The molecule has 0 N–H and O–H groups in total. The molecular formula is C68H118O6. The van der Waals surface area contributed by atoms with Gasteiger partial charge in [0.05, 0.1) is 0 Å². The number of ether oxygens (including phenoxy) is 3. The summed E-state index contributed by atoms with van der Waals surface area (Å²) in [5.41, 5.74) is 0. The van der Waals surface area contributed by atoms with E-state index >= 15 is 0 Å². The number of unbranched alkanes of at least 4 members (excludes halogenated alkanes) is 32. The first-order chi connectivity index (χ1) is 36.5. The monoisotopic (exact) mass is 1030 g/mol. The Kier molecular flexibility index (Phi) is 59.3. The highest BCUT2D eigenvalue weighted by molar-refractivity contribution is 5.71. The van der Waals surface area contributed by atoms with Crippen LogP contribution in [0.5, 0.6) is 0 Å². The highest BCUT2D eigenvalue weighted by Gasteiger charge is 2.19. The molecule has 6 nitrogen and oxygen atoms in total. The van der Waals surface area contributed by atoms with Crippen LogP contribution in [-0.2, 0) is 28.6 Å². The van der Waals surface area contributed by atoms with E-state index in [-0.39, 0.29) is 37.5 Å². The maximum atomic E-state index is 12.9. The van der Waals surface area contributed by atoms with Gasteiger partial charge < -0.3 is 14.2 Å². The Labute approximate surface area is 458 Å². The summed E-state index contributed by atoms with van der Waals surface area (Å²) in [7, 11) is 0. The molecule has 0 heterocycles. The van der Waals surface area contributed by atoms with Gasteiger partial charge >= 0.3 is 17.9 Å². The largest absolute Gasteiger partial charge is 0.462 e. The molecule has 0 bridgehead atoms. The Hall–Kier alpha value is -3.41. The molecule has 6 heteroatoms. The van der Waals surface area contributed by atoms with E-state index in [0.717, 1.165) is 83.5 Å². The van der Waals surface area contributed by atoms with Crippen molar-refractivity contribution in [3.63, 3.8) is 0 Å². The van der Waals surface area contributed by atoms with Crippen LogP contribution in [-0.4, -0.2) is 37.2 Å². The lowest BCUT2D eigenvalue weighted by Gasteiger charge is -2.18. The molecule has 1 atom stereocenters. The van der Waals surface area contributed by atoms with Crippen molar-refractivity contribution in [2.24, 2.45) is 0 Å². The highest BCUT2D eigenvalue weighted by Crippen LogP contribution is 2.16. The minimum absolute atomic E-state index is 0.0970. The van der Waals surface area contributed by atoms with E-state index in [1.54, 1.807) is 0 Å². The van der Waals surface area contributed by atoms with Crippen LogP contribution in [0.25, 0.3) is 0 Å². The van der Waals surface area contributed by atoms with Gasteiger partial charge in [0.15, 0.2) is 6.10 Å². The molecule has 0 spiro atoms. The number of esters is 3. The lowest BCUT2D eigenvalue weighted by molar-refractivity contribution is -0.167. The van der Waals surface area contributed by atoms with E-state index in [0.29, 0.717) is 19.3 Å². The summed E-state index contributed by atoms with van der Waals surface area (Å²) in [5.74, 6) is -0.945. The zero-order valence-electron chi connectivity index (χ0n) is 48.8. The third-order valence-corrected chi connectivity index (χ3v) is 13.6. The fourth-order valence-electron chi connectivity index (χ4n) is 8.92. The first-order valence-corrected chi connectivity index (χ1v) is 31.6. The van der Waals surface area contributed by atoms with Crippen molar-refractivity contribution < 1.29 is 28.6 Å². The summed E-state index contributed by atoms with van der Waals surface area (Å²) < 4.78 is 16.9. The van der Waals surface area contributed by atoms with Crippen LogP contribution in [0.15, 0.2) is 85.1 Å². The fraction of sp³-hybridized carbons (Fsp3) is 0.750. The van der Waals surface area contributed by atoms with Gasteiger partial charge in [-0.05, 0) is 89.9 Å². The van der Waals surface area contributed by atoms with Crippen molar-refractivity contribution in [1.29, 1.82) is 0 Å². The molecule has 0 aliphatic carbocycles. The van der Waals surface area contributed by atoms with Crippen molar-refractivity contribution in [3.8, 4) is 0 Å². The summed E-state index contributed by atoms with van der Waals surface area (Å²) in [6.07, 6.45) is 81.6. The number of hydrogen-bond acceptors (Lipinski definition) is 6. The van der Waals surface area contributed by atoms with Gasteiger partial charge in [-0.2, -0.15) is 0 Å². The lowest BCUT2D eigenvalue weighted by Crippen LogP contribution is -2.30. The SMILES string of the molecule is CC/C=C\C/C=C\C/C=C\C/C=C\C/C=C\CCCC(=O)OC(COC(=O)CCCCCCCCCCCCC/C=C\C/C=C\CCCCCCC)COC(=O)CCCCCCCCCCCCCCCCCC. The van der Waals surface area contributed by atoms with Crippen molar-refractivity contribution in [3.05, 3.63) is 85.1 Å². The van der Waals surface area contributed by atoms with Crippen LogP contribution in [0.2, 0.25) is 0 Å². The molecule has 0 radical (unpaired) electrons. The van der Waals surface area contributed by atoms with Gasteiger partial charge in [0.25, 0.3) is 0 Å². The van der Waals surface area contributed by atoms with Gasteiger partial charge in [0.2, 0.25) is 0 Å². The molecule has 0 aliphatic rings. The van der Waals surface area contributed by atoms with Crippen LogP contribution >= 0.6 is 0 Å². The van der Waals surface area contributed by atoms with E-state index in [1.165, 1.54) is 180 Å². The molecule has 0 aromatic heterocycles. The first kappa shape index (κ1) is 70.6. The first-order valence-electron chi connectivity index (χ1n) is 31.6. The lowest BCUT2D eigenvalue weighted by atomic mass is 10.0.